The highest BCUT2D eigenvalue weighted by atomic mass is 32.2. The van der Waals surface area contributed by atoms with E-state index < -0.39 is 10.0 Å². The molecule has 1 aliphatic heterocycles. The number of aromatic nitrogens is 1. The second-order valence-electron chi connectivity index (χ2n) is 8.22. The number of piperidine rings is 1. The minimum absolute atomic E-state index is 0.218. The first-order valence-corrected chi connectivity index (χ1v) is 12.9. The zero-order valence-corrected chi connectivity index (χ0v) is 19.2. The van der Waals surface area contributed by atoms with Gasteiger partial charge in [-0.2, -0.15) is 4.31 Å². The lowest BCUT2D eigenvalue weighted by molar-refractivity contribution is 0.102. The first kappa shape index (κ1) is 21.1. The Morgan fingerprint density at radius 3 is 2.50 bits per heavy atom. The van der Waals surface area contributed by atoms with Crippen LogP contribution in [0.25, 0.3) is 21.0 Å². The predicted molar refractivity (Wildman–Crippen MR) is 129 cm³/mol. The fraction of sp³-hybridized carbons (Fsp3) is 0.250. The van der Waals surface area contributed by atoms with Gasteiger partial charge < -0.3 is 0 Å². The van der Waals surface area contributed by atoms with Crippen LogP contribution in [0.5, 0.6) is 0 Å². The Bertz CT molecular complexity index is 1400. The van der Waals surface area contributed by atoms with Gasteiger partial charge in [-0.25, -0.2) is 13.4 Å². The number of sulfonamides is 1. The number of nitrogens with zero attached hydrogens (tertiary/aromatic N) is 2. The van der Waals surface area contributed by atoms with Crippen molar-refractivity contribution >= 4 is 53.4 Å². The summed E-state index contributed by atoms with van der Waals surface area (Å²) in [5.41, 5.74) is 1.25. The van der Waals surface area contributed by atoms with Gasteiger partial charge in [0.25, 0.3) is 5.91 Å². The van der Waals surface area contributed by atoms with Gasteiger partial charge in [0.2, 0.25) is 10.0 Å². The summed E-state index contributed by atoms with van der Waals surface area (Å²) in [6, 6.07) is 18.2. The zero-order chi connectivity index (χ0) is 22.3. The van der Waals surface area contributed by atoms with Gasteiger partial charge in [0.1, 0.15) is 0 Å². The maximum absolute atomic E-state index is 12.9. The molecule has 164 valence electrons. The predicted octanol–water partition coefficient (Wildman–Crippen LogP) is 5.12. The fourth-order valence-corrected chi connectivity index (χ4v) is 6.38. The molecule has 0 saturated carbocycles. The Morgan fingerprint density at radius 1 is 1.03 bits per heavy atom. The van der Waals surface area contributed by atoms with Crippen LogP contribution >= 0.6 is 11.3 Å². The van der Waals surface area contributed by atoms with Crippen molar-refractivity contribution in [2.75, 3.05) is 18.4 Å². The van der Waals surface area contributed by atoms with Crippen molar-refractivity contribution in [3.63, 3.8) is 0 Å². The molecule has 5 rings (SSSR count). The van der Waals surface area contributed by atoms with Crippen LogP contribution in [0.1, 0.15) is 30.1 Å². The average molecular weight is 466 g/mol. The normalized spacial score (nSPS) is 15.9. The van der Waals surface area contributed by atoms with Crippen LogP contribution < -0.4 is 5.32 Å². The number of carbonyl (C=O) groups excluding carboxylic acids is 1. The van der Waals surface area contributed by atoms with Crippen molar-refractivity contribution in [1.29, 1.82) is 0 Å². The van der Waals surface area contributed by atoms with E-state index in [0.717, 1.165) is 33.8 Å². The van der Waals surface area contributed by atoms with Crippen LogP contribution in [0.4, 0.5) is 5.13 Å². The summed E-state index contributed by atoms with van der Waals surface area (Å²) >= 11 is 1.42. The van der Waals surface area contributed by atoms with Crippen LogP contribution in [0.2, 0.25) is 0 Å². The Morgan fingerprint density at radius 2 is 1.75 bits per heavy atom. The van der Waals surface area contributed by atoms with E-state index in [0.29, 0.717) is 29.7 Å². The zero-order valence-electron chi connectivity index (χ0n) is 17.6. The number of thiazole rings is 1. The Balaban J connectivity index is 1.34. The molecule has 0 radical (unpaired) electrons. The van der Waals surface area contributed by atoms with Crippen molar-refractivity contribution in [2.45, 2.75) is 24.7 Å². The van der Waals surface area contributed by atoms with Gasteiger partial charge in [-0.15, -0.1) is 0 Å². The van der Waals surface area contributed by atoms with Crippen molar-refractivity contribution in [1.82, 2.24) is 9.29 Å². The van der Waals surface area contributed by atoms with Gasteiger partial charge in [0.05, 0.1) is 15.1 Å². The van der Waals surface area contributed by atoms with Crippen LogP contribution in [-0.2, 0) is 10.0 Å². The standard InChI is InChI=1S/C24H23N3O3S2/c1-16-12-14-27(15-13-16)32(29,30)19-9-6-18(7-10-19)23(28)26-24-25-22-20-5-3-2-4-17(20)8-11-21(22)31-24/h2-11,16H,12-15H2,1H3,(H,25,26,28). The molecule has 1 aromatic heterocycles. The third-order valence-corrected chi connectivity index (χ3v) is 8.85. The fourth-order valence-electron chi connectivity index (χ4n) is 4.04. The number of fused-ring (bicyclic) bond motifs is 3. The van der Waals surface area contributed by atoms with E-state index in [1.807, 2.05) is 36.4 Å². The molecule has 1 aliphatic rings. The minimum Gasteiger partial charge on any atom is -0.298 e. The van der Waals surface area contributed by atoms with E-state index in [1.165, 1.54) is 27.8 Å². The molecule has 2 heterocycles. The van der Waals surface area contributed by atoms with E-state index in [-0.39, 0.29) is 10.8 Å². The smallest absolute Gasteiger partial charge is 0.257 e. The molecule has 6 nitrogen and oxygen atoms in total. The quantitative estimate of drug-likeness (QED) is 0.454. The molecule has 32 heavy (non-hydrogen) atoms. The summed E-state index contributed by atoms with van der Waals surface area (Å²) in [4.78, 5) is 17.6. The molecule has 1 fully saturated rings. The highest BCUT2D eigenvalue weighted by Crippen LogP contribution is 2.32. The maximum atomic E-state index is 12.9. The third kappa shape index (κ3) is 3.90. The first-order chi connectivity index (χ1) is 15.4. The van der Waals surface area contributed by atoms with Gasteiger partial charge in [0, 0.05) is 24.0 Å². The molecule has 0 bridgehead atoms. The van der Waals surface area contributed by atoms with Crippen molar-refractivity contribution < 1.29 is 13.2 Å². The monoisotopic (exact) mass is 465 g/mol. The summed E-state index contributed by atoms with van der Waals surface area (Å²) < 4.78 is 28.3. The lowest BCUT2D eigenvalue weighted by Crippen LogP contribution is -2.37. The number of hydrogen-bond donors (Lipinski definition) is 1. The number of benzene rings is 3. The van der Waals surface area contributed by atoms with Gasteiger partial charge in [-0.3, -0.25) is 10.1 Å². The number of amides is 1. The number of hydrogen-bond acceptors (Lipinski definition) is 5. The second kappa shape index (κ2) is 8.27. The van der Waals surface area contributed by atoms with E-state index in [2.05, 4.69) is 17.2 Å². The van der Waals surface area contributed by atoms with E-state index >= 15 is 0 Å². The lowest BCUT2D eigenvalue weighted by atomic mass is 10.0. The molecule has 0 aliphatic carbocycles. The number of anilines is 1. The Labute approximate surface area is 190 Å². The molecular formula is C24H23N3O3S2. The van der Waals surface area contributed by atoms with Crippen molar-refractivity contribution in [2.24, 2.45) is 5.92 Å². The number of rotatable bonds is 4. The molecule has 0 unspecified atom stereocenters. The van der Waals surface area contributed by atoms with Gasteiger partial charge in [-0.05, 0) is 54.5 Å². The summed E-state index contributed by atoms with van der Waals surface area (Å²) in [5, 5.41) is 5.51. The minimum atomic E-state index is -3.53. The molecule has 1 saturated heterocycles. The van der Waals surface area contributed by atoms with Gasteiger partial charge in [0.15, 0.2) is 5.13 Å². The SMILES string of the molecule is CC1CCN(S(=O)(=O)c2ccc(C(=O)Nc3nc4c(ccc5ccccc54)s3)cc2)CC1. The summed E-state index contributed by atoms with van der Waals surface area (Å²) in [5.74, 6) is 0.233. The molecule has 8 heteroatoms. The third-order valence-electron chi connectivity index (χ3n) is 6.00. The van der Waals surface area contributed by atoms with Crippen LogP contribution in [0.15, 0.2) is 65.6 Å². The molecule has 4 aromatic rings. The summed E-state index contributed by atoms with van der Waals surface area (Å²) in [7, 11) is -3.53. The number of carbonyl (C=O) groups is 1. The largest absolute Gasteiger partial charge is 0.298 e. The Kier molecular flexibility index (Phi) is 5.44. The van der Waals surface area contributed by atoms with Gasteiger partial charge in [-0.1, -0.05) is 48.6 Å². The van der Waals surface area contributed by atoms with E-state index in [4.69, 9.17) is 0 Å². The second-order valence-corrected chi connectivity index (χ2v) is 11.2. The highest BCUT2D eigenvalue weighted by molar-refractivity contribution is 7.89. The highest BCUT2D eigenvalue weighted by Gasteiger charge is 2.28. The van der Waals surface area contributed by atoms with Crippen LogP contribution in [0.3, 0.4) is 0 Å². The van der Waals surface area contributed by atoms with Crippen LogP contribution in [0, 0.1) is 5.92 Å². The maximum Gasteiger partial charge on any atom is 0.257 e. The molecule has 3 aromatic carbocycles. The lowest BCUT2D eigenvalue weighted by Gasteiger charge is -2.29. The molecule has 1 N–H and O–H groups in total. The average Bonchev–Trinajstić information content (AvgIpc) is 3.22. The molecule has 1 amide bonds. The van der Waals surface area contributed by atoms with Crippen molar-refractivity contribution in [3.05, 3.63) is 66.2 Å². The molecule has 0 spiro atoms. The first-order valence-electron chi connectivity index (χ1n) is 10.6. The van der Waals surface area contributed by atoms with E-state index in [1.54, 1.807) is 12.1 Å². The van der Waals surface area contributed by atoms with Crippen molar-refractivity contribution in [3.8, 4) is 0 Å². The summed E-state index contributed by atoms with van der Waals surface area (Å²) in [6.45, 7) is 3.22. The topological polar surface area (TPSA) is 79.4 Å². The van der Waals surface area contributed by atoms with E-state index in [9.17, 15) is 13.2 Å². The Hall–Kier alpha value is -2.81. The molecule has 0 atom stereocenters. The number of nitrogens with one attached hydrogen (secondary N) is 1. The molecular weight excluding hydrogens is 442 g/mol. The van der Waals surface area contributed by atoms with Crippen LogP contribution in [-0.4, -0.2) is 36.7 Å². The van der Waals surface area contributed by atoms with Gasteiger partial charge >= 0.3 is 0 Å². The summed E-state index contributed by atoms with van der Waals surface area (Å²) in [6.07, 6.45) is 1.74.